The normalized spacial score (nSPS) is 11.3. The van der Waals surface area contributed by atoms with Crippen molar-refractivity contribution in [1.29, 1.82) is 0 Å². The maximum absolute atomic E-state index is 2.55. The molecule has 0 N–H and O–H groups in total. The fourth-order valence-corrected chi connectivity index (χ4v) is 3.91. The molecule has 0 amide bonds. The number of aryl methyl sites for hydroxylation is 2. The molecular weight excluding hydrogens is 316 g/mol. The first-order valence-corrected chi connectivity index (χ1v) is 11.9. The van der Waals surface area contributed by atoms with Crippen LogP contribution < -0.4 is 4.57 Å². The highest BCUT2D eigenvalue weighted by atomic mass is 15.1. The summed E-state index contributed by atoms with van der Waals surface area (Å²) in [5.74, 6) is 1.58. The van der Waals surface area contributed by atoms with Gasteiger partial charge < -0.3 is 0 Å². The van der Waals surface area contributed by atoms with Crippen LogP contribution in [-0.2, 0) is 19.5 Å². The lowest BCUT2D eigenvalue weighted by Gasteiger charge is -2.06. The fourth-order valence-electron chi connectivity index (χ4n) is 3.91. The molecule has 1 aromatic rings. The highest BCUT2D eigenvalue weighted by Crippen LogP contribution is 2.11. The summed E-state index contributed by atoms with van der Waals surface area (Å²) in [6, 6.07) is 0. The molecule has 1 rings (SSSR count). The summed E-state index contributed by atoms with van der Waals surface area (Å²) in [6.07, 6.45) is 26.8. The second-order valence-electron chi connectivity index (χ2n) is 8.09. The Morgan fingerprint density at radius 3 is 1.77 bits per heavy atom. The van der Waals surface area contributed by atoms with Crippen LogP contribution in [0.3, 0.4) is 0 Å². The van der Waals surface area contributed by atoms with E-state index in [1.165, 1.54) is 116 Å². The first-order chi connectivity index (χ1) is 12.8. The molecule has 0 saturated carbocycles. The molecule has 0 aliphatic rings. The lowest BCUT2D eigenvalue weighted by atomic mass is 10.1. The maximum atomic E-state index is 2.55. The Morgan fingerprint density at radius 1 is 0.654 bits per heavy atom. The minimum atomic E-state index is 1.18. The molecule has 152 valence electrons. The van der Waals surface area contributed by atoms with Gasteiger partial charge in [0, 0.05) is 6.42 Å². The molecule has 0 radical (unpaired) electrons. The molecule has 1 aromatic heterocycles. The molecule has 0 aliphatic carbocycles. The summed E-state index contributed by atoms with van der Waals surface area (Å²) in [6.45, 7) is 9.28. The van der Waals surface area contributed by atoms with Gasteiger partial charge >= 0.3 is 0 Å². The van der Waals surface area contributed by atoms with E-state index in [9.17, 15) is 0 Å². The minimum absolute atomic E-state index is 1.18. The number of nitrogens with zero attached hydrogens (tertiary/aromatic N) is 2. The van der Waals surface area contributed by atoms with E-state index < -0.39 is 0 Å². The van der Waals surface area contributed by atoms with Crippen LogP contribution in [0.5, 0.6) is 0 Å². The third-order valence-electron chi connectivity index (χ3n) is 5.56. The van der Waals surface area contributed by atoms with E-state index in [1.807, 2.05) is 0 Å². The molecular formula is C24H47N2+. The Morgan fingerprint density at radius 2 is 1.19 bits per heavy atom. The van der Waals surface area contributed by atoms with Crippen LogP contribution in [0.2, 0.25) is 0 Å². The molecule has 0 bridgehead atoms. The van der Waals surface area contributed by atoms with E-state index in [4.69, 9.17) is 0 Å². The van der Waals surface area contributed by atoms with Crippen LogP contribution in [0, 0.1) is 0 Å². The van der Waals surface area contributed by atoms with E-state index in [-0.39, 0.29) is 0 Å². The van der Waals surface area contributed by atoms with Crippen LogP contribution in [-0.4, -0.2) is 4.57 Å². The topological polar surface area (TPSA) is 8.81 Å². The highest BCUT2D eigenvalue weighted by Gasteiger charge is 2.15. The standard InChI is InChI=1S/C24H47N2/c1-4-7-9-11-13-14-15-17-19-24-25(20-6-3)22-23-26(24)21-18-16-12-10-8-5-2/h22-23H,4-21H2,1-3H3/q+1. The smallest absolute Gasteiger partial charge is 0.234 e. The summed E-state index contributed by atoms with van der Waals surface area (Å²) in [5.41, 5.74) is 0. The van der Waals surface area contributed by atoms with Crippen LogP contribution in [0.25, 0.3) is 0 Å². The zero-order chi connectivity index (χ0) is 18.9. The van der Waals surface area contributed by atoms with Crippen LogP contribution in [0.1, 0.15) is 123 Å². The first-order valence-electron chi connectivity index (χ1n) is 11.9. The van der Waals surface area contributed by atoms with Crippen molar-refractivity contribution >= 4 is 0 Å². The van der Waals surface area contributed by atoms with E-state index in [0.717, 1.165) is 0 Å². The fraction of sp³-hybridized carbons (Fsp3) is 0.875. The molecule has 2 nitrogen and oxygen atoms in total. The molecule has 26 heavy (non-hydrogen) atoms. The van der Waals surface area contributed by atoms with E-state index in [1.54, 1.807) is 5.82 Å². The SMILES string of the molecule is CCCCCCCCCCc1n(CCC)cc[n+]1CCCCCCCC. The van der Waals surface area contributed by atoms with Crippen molar-refractivity contribution in [2.75, 3.05) is 0 Å². The Balaban J connectivity index is 2.30. The van der Waals surface area contributed by atoms with Gasteiger partial charge in [-0.1, -0.05) is 91.4 Å². The van der Waals surface area contributed by atoms with Crippen molar-refractivity contribution in [3.8, 4) is 0 Å². The Hall–Kier alpha value is -0.790. The number of hydrogen-bond acceptors (Lipinski definition) is 0. The van der Waals surface area contributed by atoms with Gasteiger partial charge in [-0.05, 0) is 25.7 Å². The number of rotatable bonds is 18. The Labute approximate surface area is 164 Å². The van der Waals surface area contributed by atoms with E-state index in [2.05, 4.69) is 42.3 Å². The Bertz CT molecular complexity index is 422. The molecule has 0 aromatic carbocycles. The lowest BCUT2D eigenvalue weighted by molar-refractivity contribution is -0.704. The largest absolute Gasteiger partial charge is 0.256 e. The summed E-state index contributed by atoms with van der Waals surface area (Å²) >= 11 is 0. The van der Waals surface area contributed by atoms with Crippen LogP contribution >= 0.6 is 0 Å². The van der Waals surface area contributed by atoms with Gasteiger partial charge in [-0.15, -0.1) is 0 Å². The quantitative estimate of drug-likeness (QED) is 0.192. The van der Waals surface area contributed by atoms with Crippen molar-refractivity contribution in [2.45, 2.75) is 137 Å². The van der Waals surface area contributed by atoms with Gasteiger partial charge in [-0.25, -0.2) is 9.13 Å². The van der Waals surface area contributed by atoms with Crippen LogP contribution in [0.15, 0.2) is 12.4 Å². The van der Waals surface area contributed by atoms with Crippen molar-refractivity contribution in [3.63, 3.8) is 0 Å². The highest BCUT2D eigenvalue weighted by molar-refractivity contribution is 4.84. The molecule has 0 saturated heterocycles. The third-order valence-corrected chi connectivity index (χ3v) is 5.56. The van der Waals surface area contributed by atoms with E-state index >= 15 is 0 Å². The molecule has 0 fully saturated rings. The monoisotopic (exact) mass is 363 g/mol. The molecule has 1 heterocycles. The van der Waals surface area contributed by atoms with Crippen molar-refractivity contribution in [2.24, 2.45) is 0 Å². The second-order valence-corrected chi connectivity index (χ2v) is 8.09. The summed E-state index contributed by atoms with van der Waals surface area (Å²) in [4.78, 5) is 0. The van der Waals surface area contributed by atoms with Gasteiger partial charge in [0.15, 0.2) is 0 Å². The van der Waals surface area contributed by atoms with Crippen LogP contribution in [0.4, 0.5) is 0 Å². The summed E-state index contributed by atoms with van der Waals surface area (Å²) in [5, 5.41) is 0. The van der Waals surface area contributed by atoms with Crippen molar-refractivity contribution in [1.82, 2.24) is 4.57 Å². The van der Waals surface area contributed by atoms with Gasteiger partial charge in [0.05, 0.1) is 13.1 Å². The third kappa shape index (κ3) is 10.4. The first kappa shape index (κ1) is 23.2. The minimum Gasteiger partial charge on any atom is -0.234 e. The van der Waals surface area contributed by atoms with Gasteiger partial charge in [-0.3, -0.25) is 0 Å². The van der Waals surface area contributed by atoms with Gasteiger partial charge in [0.25, 0.3) is 5.82 Å². The average molecular weight is 364 g/mol. The van der Waals surface area contributed by atoms with Crippen molar-refractivity contribution in [3.05, 3.63) is 18.2 Å². The van der Waals surface area contributed by atoms with Gasteiger partial charge in [0.1, 0.15) is 12.4 Å². The second kappa shape index (κ2) is 16.4. The molecule has 0 atom stereocenters. The zero-order valence-corrected chi connectivity index (χ0v) is 18.3. The molecule has 0 aliphatic heterocycles. The Kier molecular flexibility index (Phi) is 14.7. The van der Waals surface area contributed by atoms with Crippen molar-refractivity contribution < 1.29 is 4.57 Å². The maximum Gasteiger partial charge on any atom is 0.256 e. The van der Waals surface area contributed by atoms with Gasteiger partial charge in [0.2, 0.25) is 0 Å². The lowest BCUT2D eigenvalue weighted by Crippen LogP contribution is -2.37. The summed E-state index contributed by atoms with van der Waals surface area (Å²) in [7, 11) is 0. The number of hydrogen-bond donors (Lipinski definition) is 0. The molecule has 0 unspecified atom stereocenters. The molecule has 0 spiro atoms. The number of unbranched alkanes of at least 4 members (excludes halogenated alkanes) is 12. The summed E-state index contributed by atoms with van der Waals surface area (Å²) < 4.78 is 5.06. The van der Waals surface area contributed by atoms with E-state index in [0.29, 0.717) is 0 Å². The predicted octanol–water partition coefficient (Wildman–Crippen LogP) is 7.23. The molecule has 2 heteroatoms. The number of aromatic nitrogens is 2. The van der Waals surface area contributed by atoms with Gasteiger partial charge in [-0.2, -0.15) is 0 Å². The zero-order valence-electron chi connectivity index (χ0n) is 18.3. The predicted molar refractivity (Wildman–Crippen MR) is 115 cm³/mol. The average Bonchev–Trinajstić information content (AvgIpc) is 3.02. The number of imidazole rings is 1.